The fourth-order valence-electron chi connectivity index (χ4n) is 4.63. The van der Waals surface area contributed by atoms with E-state index in [1.54, 1.807) is 0 Å². The molecule has 2 amide bonds. The number of amides is 2. The van der Waals surface area contributed by atoms with E-state index < -0.39 is 5.41 Å². The smallest absolute Gasteiger partial charge is 0.228 e. The second kappa shape index (κ2) is 10.5. The average molecular weight is 446 g/mol. The number of aromatic nitrogens is 1. The highest BCUT2D eigenvalue weighted by atomic mass is 16.5. The fraction of sp³-hybridized carbons (Fsp3) is 0.370. The van der Waals surface area contributed by atoms with E-state index in [2.05, 4.69) is 10.5 Å². The Morgan fingerprint density at radius 3 is 2.55 bits per heavy atom. The Morgan fingerprint density at radius 1 is 1.09 bits per heavy atom. The van der Waals surface area contributed by atoms with Gasteiger partial charge in [0.05, 0.1) is 5.41 Å². The maximum Gasteiger partial charge on any atom is 0.228 e. The second-order valence-corrected chi connectivity index (χ2v) is 8.77. The number of nitrogens with zero attached hydrogens (tertiary/aromatic N) is 2. The Kier molecular flexibility index (Phi) is 7.23. The van der Waals surface area contributed by atoms with Crippen molar-refractivity contribution >= 4 is 11.8 Å². The van der Waals surface area contributed by atoms with Gasteiger partial charge in [-0.25, -0.2) is 0 Å². The standard InChI is InChI=1S/C27H31N3O3/c1-2-28-26(32)27(19-23-18-24(29-33-23)22-12-7-4-8-13-22)16-9-17-30(20-27)25(31)15-14-21-10-5-3-6-11-21/h3-8,10-13,18H,2,9,14-17,19-20H2,1H3,(H,28,32). The minimum Gasteiger partial charge on any atom is -0.361 e. The molecule has 33 heavy (non-hydrogen) atoms. The summed E-state index contributed by atoms with van der Waals surface area (Å²) in [5.41, 5.74) is 2.15. The van der Waals surface area contributed by atoms with Crippen LogP contribution in [0.3, 0.4) is 0 Å². The molecule has 172 valence electrons. The SMILES string of the molecule is CCNC(=O)C1(Cc2cc(-c3ccccc3)no2)CCCN(C(=O)CCc2ccccc2)C1. The number of aryl methyl sites for hydroxylation is 1. The molecule has 1 unspecified atom stereocenters. The van der Waals surface area contributed by atoms with Crippen molar-refractivity contribution in [3.8, 4) is 11.3 Å². The van der Waals surface area contributed by atoms with Crippen LogP contribution in [0.15, 0.2) is 71.3 Å². The van der Waals surface area contributed by atoms with Gasteiger partial charge in [-0.15, -0.1) is 0 Å². The van der Waals surface area contributed by atoms with Gasteiger partial charge in [0.1, 0.15) is 11.5 Å². The summed E-state index contributed by atoms with van der Waals surface area (Å²) in [5, 5.41) is 7.21. The van der Waals surface area contributed by atoms with E-state index in [4.69, 9.17) is 4.52 Å². The van der Waals surface area contributed by atoms with E-state index in [-0.39, 0.29) is 11.8 Å². The van der Waals surface area contributed by atoms with Crippen LogP contribution in [0.25, 0.3) is 11.3 Å². The van der Waals surface area contributed by atoms with Crippen molar-refractivity contribution in [2.45, 2.75) is 39.0 Å². The van der Waals surface area contributed by atoms with Crippen molar-refractivity contribution in [1.29, 1.82) is 0 Å². The van der Waals surface area contributed by atoms with E-state index in [0.29, 0.717) is 51.1 Å². The number of hydrogen-bond acceptors (Lipinski definition) is 4. The fourth-order valence-corrected chi connectivity index (χ4v) is 4.63. The van der Waals surface area contributed by atoms with Crippen LogP contribution in [0, 0.1) is 5.41 Å². The molecular formula is C27H31N3O3. The predicted octanol–water partition coefficient (Wildman–Crippen LogP) is 4.26. The van der Waals surface area contributed by atoms with Crippen LogP contribution in [-0.4, -0.2) is 41.5 Å². The number of carbonyl (C=O) groups is 2. The first-order valence-electron chi connectivity index (χ1n) is 11.7. The molecular weight excluding hydrogens is 414 g/mol. The topological polar surface area (TPSA) is 75.4 Å². The lowest BCUT2D eigenvalue weighted by Gasteiger charge is -2.41. The molecule has 1 aliphatic rings. The van der Waals surface area contributed by atoms with Crippen molar-refractivity contribution in [3.05, 3.63) is 78.1 Å². The Bertz CT molecular complexity index is 1060. The third kappa shape index (κ3) is 5.51. The van der Waals surface area contributed by atoms with E-state index in [9.17, 15) is 9.59 Å². The van der Waals surface area contributed by atoms with Crippen LogP contribution in [-0.2, 0) is 22.4 Å². The number of nitrogens with one attached hydrogen (secondary N) is 1. The van der Waals surface area contributed by atoms with Gasteiger partial charge in [0.2, 0.25) is 11.8 Å². The Balaban J connectivity index is 1.49. The minimum absolute atomic E-state index is 0.0248. The quantitative estimate of drug-likeness (QED) is 0.562. The average Bonchev–Trinajstić information content (AvgIpc) is 3.32. The molecule has 0 aliphatic carbocycles. The zero-order chi connectivity index (χ0) is 23.1. The molecule has 1 N–H and O–H groups in total. The highest BCUT2D eigenvalue weighted by Crippen LogP contribution is 2.35. The number of rotatable bonds is 8. The van der Waals surface area contributed by atoms with Crippen LogP contribution in [0.5, 0.6) is 0 Å². The number of hydrogen-bond donors (Lipinski definition) is 1. The molecule has 1 aliphatic heterocycles. The van der Waals surface area contributed by atoms with Crippen molar-refractivity contribution in [1.82, 2.24) is 15.4 Å². The van der Waals surface area contributed by atoms with Gasteiger partial charge < -0.3 is 14.7 Å². The van der Waals surface area contributed by atoms with Crippen LogP contribution < -0.4 is 5.32 Å². The van der Waals surface area contributed by atoms with Gasteiger partial charge in [0, 0.05) is 44.1 Å². The molecule has 1 fully saturated rings. The molecule has 2 heterocycles. The zero-order valence-corrected chi connectivity index (χ0v) is 19.1. The molecule has 3 aromatic rings. The maximum atomic E-state index is 13.2. The third-order valence-corrected chi connectivity index (χ3v) is 6.36. The molecule has 6 heteroatoms. The Morgan fingerprint density at radius 2 is 1.82 bits per heavy atom. The Hall–Kier alpha value is -3.41. The van der Waals surface area contributed by atoms with E-state index in [1.807, 2.05) is 78.6 Å². The van der Waals surface area contributed by atoms with Crippen LogP contribution in [0.4, 0.5) is 0 Å². The second-order valence-electron chi connectivity index (χ2n) is 8.77. The van der Waals surface area contributed by atoms with Gasteiger partial charge in [-0.2, -0.15) is 0 Å². The molecule has 0 radical (unpaired) electrons. The summed E-state index contributed by atoms with van der Waals surface area (Å²) in [6, 6.07) is 21.8. The molecule has 0 spiro atoms. The molecule has 1 saturated heterocycles. The third-order valence-electron chi connectivity index (χ3n) is 6.36. The summed E-state index contributed by atoms with van der Waals surface area (Å²) < 4.78 is 5.64. The van der Waals surface area contributed by atoms with E-state index >= 15 is 0 Å². The summed E-state index contributed by atoms with van der Waals surface area (Å²) in [6.07, 6.45) is 3.06. The van der Waals surface area contributed by atoms with Gasteiger partial charge in [-0.1, -0.05) is 65.8 Å². The largest absolute Gasteiger partial charge is 0.361 e. The number of benzene rings is 2. The van der Waals surface area contributed by atoms with E-state index in [0.717, 1.165) is 23.2 Å². The first-order valence-corrected chi connectivity index (χ1v) is 11.7. The molecule has 2 aromatic carbocycles. The lowest BCUT2D eigenvalue weighted by molar-refractivity contribution is -0.141. The van der Waals surface area contributed by atoms with Gasteiger partial charge in [0.25, 0.3) is 0 Å². The van der Waals surface area contributed by atoms with Crippen LogP contribution >= 0.6 is 0 Å². The number of piperidine rings is 1. The molecule has 0 bridgehead atoms. The number of carbonyl (C=O) groups excluding carboxylic acids is 2. The van der Waals surface area contributed by atoms with Gasteiger partial charge >= 0.3 is 0 Å². The molecule has 1 atom stereocenters. The normalized spacial score (nSPS) is 18.2. The first-order chi connectivity index (χ1) is 16.1. The molecule has 6 nitrogen and oxygen atoms in total. The van der Waals surface area contributed by atoms with Gasteiger partial charge in [0.15, 0.2) is 0 Å². The summed E-state index contributed by atoms with van der Waals surface area (Å²) in [6.45, 7) is 3.54. The summed E-state index contributed by atoms with van der Waals surface area (Å²) in [4.78, 5) is 28.1. The summed E-state index contributed by atoms with van der Waals surface area (Å²) in [7, 11) is 0. The van der Waals surface area contributed by atoms with Crippen molar-refractivity contribution < 1.29 is 14.1 Å². The van der Waals surface area contributed by atoms with Gasteiger partial charge in [-0.3, -0.25) is 9.59 Å². The maximum absolute atomic E-state index is 13.2. The van der Waals surface area contributed by atoms with Crippen molar-refractivity contribution in [2.75, 3.05) is 19.6 Å². The van der Waals surface area contributed by atoms with Crippen molar-refractivity contribution in [3.63, 3.8) is 0 Å². The molecule has 4 rings (SSSR count). The van der Waals surface area contributed by atoms with Crippen molar-refractivity contribution in [2.24, 2.45) is 5.41 Å². The van der Waals surface area contributed by atoms with Crippen LogP contribution in [0.1, 0.15) is 37.5 Å². The minimum atomic E-state index is -0.718. The highest BCUT2D eigenvalue weighted by Gasteiger charge is 2.44. The molecule has 1 aromatic heterocycles. The van der Waals surface area contributed by atoms with Crippen LogP contribution in [0.2, 0.25) is 0 Å². The lowest BCUT2D eigenvalue weighted by atomic mass is 9.75. The lowest BCUT2D eigenvalue weighted by Crippen LogP contribution is -2.54. The monoisotopic (exact) mass is 445 g/mol. The molecule has 0 saturated carbocycles. The summed E-state index contributed by atoms with van der Waals surface area (Å²) in [5.74, 6) is 0.733. The number of likely N-dealkylation sites (tertiary alicyclic amines) is 1. The summed E-state index contributed by atoms with van der Waals surface area (Å²) >= 11 is 0. The Labute approximate surface area is 195 Å². The van der Waals surface area contributed by atoms with E-state index in [1.165, 1.54) is 0 Å². The zero-order valence-electron chi connectivity index (χ0n) is 19.1. The first kappa shape index (κ1) is 22.8. The highest BCUT2D eigenvalue weighted by molar-refractivity contribution is 5.85. The van der Waals surface area contributed by atoms with Gasteiger partial charge in [-0.05, 0) is 31.7 Å². The predicted molar refractivity (Wildman–Crippen MR) is 127 cm³/mol.